The Hall–Kier alpha value is -0.940. The summed E-state index contributed by atoms with van der Waals surface area (Å²) in [6, 6.07) is 1.92. The minimum atomic E-state index is 0.253. The van der Waals surface area contributed by atoms with Gasteiger partial charge in [0, 0.05) is 5.56 Å². The van der Waals surface area contributed by atoms with E-state index in [0.717, 1.165) is 28.0 Å². The van der Waals surface area contributed by atoms with Crippen LogP contribution < -0.4 is 19.9 Å². The summed E-state index contributed by atoms with van der Waals surface area (Å²) in [6.07, 6.45) is 0.748. The summed E-state index contributed by atoms with van der Waals surface area (Å²) in [6.45, 7) is 0.825. The molecule has 1 aromatic carbocycles. The molecule has 0 radical (unpaired) electrons. The maximum absolute atomic E-state index is 5.54. The van der Waals surface area contributed by atoms with Crippen LogP contribution >= 0.6 is 15.9 Å². The van der Waals surface area contributed by atoms with Crippen LogP contribution in [0.4, 0.5) is 0 Å². The highest BCUT2D eigenvalue weighted by atomic mass is 79.9. The lowest BCUT2D eigenvalue weighted by Crippen LogP contribution is -2.04. The standard InChI is InChI=1S/C10H12BrNO3/c1-13-9-6(2-3-12)4-7-10(8(9)11)15-5-14-7/h4H,2-3,5,12H2,1H3. The van der Waals surface area contributed by atoms with Crippen molar-refractivity contribution in [3.63, 3.8) is 0 Å². The fourth-order valence-electron chi connectivity index (χ4n) is 1.60. The smallest absolute Gasteiger partial charge is 0.231 e. The summed E-state index contributed by atoms with van der Waals surface area (Å²) in [5.74, 6) is 2.21. The zero-order valence-electron chi connectivity index (χ0n) is 8.38. The largest absolute Gasteiger partial charge is 0.495 e. The second kappa shape index (κ2) is 4.28. The van der Waals surface area contributed by atoms with E-state index >= 15 is 0 Å². The molecule has 1 aromatic rings. The topological polar surface area (TPSA) is 53.7 Å². The van der Waals surface area contributed by atoms with Gasteiger partial charge in [0.05, 0.1) is 7.11 Å². The molecule has 0 aromatic heterocycles. The van der Waals surface area contributed by atoms with E-state index in [1.54, 1.807) is 7.11 Å². The molecule has 0 fully saturated rings. The van der Waals surface area contributed by atoms with Gasteiger partial charge in [0.25, 0.3) is 0 Å². The highest BCUT2D eigenvalue weighted by Gasteiger charge is 2.23. The molecule has 0 unspecified atom stereocenters. The van der Waals surface area contributed by atoms with Crippen molar-refractivity contribution in [1.82, 2.24) is 0 Å². The van der Waals surface area contributed by atoms with Crippen LogP contribution in [-0.2, 0) is 6.42 Å². The van der Waals surface area contributed by atoms with Gasteiger partial charge in [0.2, 0.25) is 6.79 Å². The second-order valence-electron chi connectivity index (χ2n) is 3.16. The lowest BCUT2D eigenvalue weighted by Gasteiger charge is -2.11. The van der Waals surface area contributed by atoms with E-state index in [0.29, 0.717) is 12.3 Å². The molecule has 0 atom stereocenters. The van der Waals surface area contributed by atoms with Gasteiger partial charge in [-0.2, -0.15) is 0 Å². The fourth-order valence-corrected chi connectivity index (χ4v) is 2.32. The lowest BCUT2D eigenvalue weighted by molar-refractivity contribution is 0.173. The molecule has 2 N–H and O–H groups in total. The third-order valence-corrected chi connectivity index (χ3v) is 2.98. The monoisotopic (exact) mass is 273 g/mol. The highest BCUT2D eigenvalue weighted by Crippen LogP contribution is 2.46. The molecule has 0 saturated carbocycles. The normalized spacial score (nSPS) is 13.0. The molecule has 2 rings (SSSR count). The number of fused-ring (bicyclic) bond motifs is 1. The van der Waals surface area contributed by atoms with Crippen LogP contribution in [0.2, 0.25) is 0 Å². The van der Waals surface area contributed by atoms with Gasteiger partial charge in [-0.15, -0.1) is 0 Å². The molecule has 0 saturated heterocycles. The molecule has 1 heterocycles. The summed E-state index contributed by atoms with van der Waals surface area (Å²) in [4.78, 5) is 0. The average Bonchev–Trinajstić information content (AvgIpc) is 2.67. The van der Waals surface area contributed by atoms with Crippen molar-refractivity contribution in [3.8, 4) is 17.2 Å². The Labute approximate surface area is 96.4 Å². The van der Waals surface area contributed by atoms with E-state index in [4.69, 9.17) is 19.9 Å². The fraction of sp³-hybridized carbons (Fsp3) is 0.400. The van der Waals surface area contributed by atoms with Crippen LogP contribution in [0.3, 0.4) is 0 Å². The van der Waals surface area contributed by atoms with Gasteiger partial charge in [-0.1, -0.05) is 0 Å². The van der Waals surface area contributed by atoms with Gasteiger partial charge >= 0.3 is 0 Å². The van der Waals surface area contributed by atoms with Crippen molar-refractivity contribution in [2.24, 2.45) is 5.73 Å². The summed E-state index contributed by atoms with van der Waals surface area (Å²) < 4.78 is 16.8. The summed E-state index contributed by atoms with van der Waals surface area (Å²) >= 11 is 3.44. The number of rotatable bonds is 3. The Bertz CT molecular complexity index is 381. The van der Waals surface area contributed by atoms with Crippen LogP contribution in [-0.4, -0.2) is 20.4 Å². The van der Waals surface area contributed by atoms with Gasteiger partial charge in [-0.3, -0.25) is 0 Å². The predicted octanol–water partition coefficient (Wildman–Crippen LogP) is 1.69. The van der Waals surface area contributed by atoms with Crippen molar-refractivity contribution in [3.05, 3.63) is 16.1 Å². The molecule has 82 valence electrons. The predicted molar refractivity (Wildman–Crippen MR) is 59.6 cm³/mol. The summed E-state index contributed by atoms with van der Waals surface area (Å²) in [5.41, 5.74) is 6.56. The average molecular weight is 274 g/mol. The Kier molecular flexibility index (Phi) is 3.02. The molecule has 15 heavy (non-hydrogen) atoms. The Morgan fingerprint density at radius 2 is 2.33 bits per heavy atom. The van der Waals surface area contributed by atoms with Crippen LogP contribution in [0.1, 0.15) is 5.56 Å². The molecule has 1 aliphatic heterocycles. The zero-order chi connectivity index (χ0) is 10.8. The first kappa shape index (κ1) is 10.6. The van der Waals surface area contributed by atoms with Crippen LogP contribution in [0, 0.1) is 0 Å². The third kappa shape index (κ3) is 1.77. The number of ether oxygens (including phenoxy) is 3. The van der Waals surface area contributed by atoms with E-state index < -0.39 is 0 Å². The number of hydrogen-bond donors (Lipinski definition) is 1. The highest BCUT2D eigenvalue weighted by molar-refractivity contribution is 9.10. The van der Waals surface area contributed by atoms with Gasteiger partial charge < -0.3 is 19.9 Å². The van der Waals surface area contributed by atoms with E-state index in [-0.39, 0.29) is 6.79 Å². The van der Waals surface area contributed by atoms with Crippen molar-refractivity contribution in [2.45, 2.75) is 6.42 Å². The Morgan fingerprint density at radius 1 is 1.53 bits per heavy atom. The maximum Gasteiger partial charge on any atom is 0.231 e. The third-order valence-electron chi connectivity index (χ3n) is 2.25. The Morgan fingerprint density at radius 3 is 3.00 bits per heavy atom. The lowest BCUT2D eigenvalue weighted by atomic mass is 10.1. The van der Waals surface area contributed by atoms with E-state index in [1.165, 1.54) is 0 Å². The molecule has 5 heteroatoms. The van der Waals surface area contributed by atoms with Gasteiger partial charge in [0.15, 0.2) is 11.5 Å². The minimum absolute atomic E-state index is 0.253. The number of methoxy groups -OCH3 is 1. The summed E-state index contributed by atoms with van der Waals surface area (Å²) in [5, 5.41) is 0. The van der Waals surface area contributed by atoms with Gasteiger partial charge in [-0.25, -0.2) is 0 Å². The van der Waals surface area contributed by atoms with E-state index in [2.05, 4.69) is 15.9 Å². The van der Waals surface area contributed by atoms with Crippen LogP contribution in [0.5, 0.6) is 17.2 Å². The zero-order valence-corrected chi connectivity index (χ0v) is 9.96. The number of hydrogen-bond acceptors (Lipinski definition) is 4. The number of halogens is 1. The second-order valence-corrected chi connectivity index (χ2v) is 3.95. The minimum Gasteiger partial charge on any atom is -0.495 e. The van der Waals surface area contributed by atoms with Crippen molar-refractivity contribution in [1.29, 1.82) is 0 Å². The van der Waals surface area contributed by atoms with Crippen molar-refractivity contribution in [2.75, 3.05) is 20.4 Å². The molecular weight excluding hydrogens is 262 g/mol. The van der Waals surface area contributed by atoms with E-state index in [9.17, 15) is 0 Å². The van der Waals surface area contributed by atoms with Gasteiger partial charge in [-0.05, 0) is 35.0 Å². The molecular formula is C10H12BrNO3. The van der Waals surface area contributed by atoms with Crippen molar-refractivity contribution >= 4 is 15.9 Å². The number of nitrogens with two attached hydrogens (primary N) is 1. The van der Waals surface area contributed by atoms with Gasteiger partial charge in [0.1, 0.15) is 10.2 Å². The molecule has 0 spiro atoms. The molecule has 1 aliphatic rings. The molecule has 0 aliphatic carbocycles. The molecule has 4 nitrogen and oxygen atoms in total. The first-order valence-electron chi connectivity index (χ1n) is 4.63. The Balaban J connectivity index is 2.51. The first-order valence-corrected chi connectivity index (χ1v) is 5.42. The molecule has 0 bridgehead atoms. The molecule has 0 amide bonds. The summed E-state index contributed by atoms with van der Waals surface area (Å²) in [7, 11) is 1.63. The maximum atomic E-state index is 5.54. The van der Waals surface area contributed by atoms with Crippen molar-refractivity contribution < 1.29 is 14.2 Å². The van der Waals surface area contributed by atoms with Crippen LogP contribution in [0.25, 0.3) is 0 Å². The van der Waals surface area contributed by atoms with Crippen LogP contribution in [0.15, 0.2) is 10.5 Å². The number of benzene rings is 1. The van der Waals surface area contributed by atoms with E-state index in [1.807, 2.05) is 6.07 Å². The first-order chi connectivity index (χ1) is 7.27. The SMILES string of the molecule is COc1c(CCN)cc2c(c1Br)OCO2. The quantitative estimate of drug-likeness (QED) is 0.911.